The normalized spacial score (nSPS) is 40.5. The third-order valence-corrected chi connectivity index (χ3v) is 5.84. The van der Waals surface area contributed by atoms with E-state index in [1.807, 2.05) is 20.8 Å². The Hall–Kier alpha value is -0.730. The topological polar surface area (TPSA) is 41.1 Å². The highest BCUT2D eigenvalue weighted by Crippen LogP contribution is 2.61. The molecule has 1 unspecified atom stereocenters. The number of urea groups is 1. The lowest BCUT2D eigenvalue weighted by Gasteiger charge is -2.59. The number of rotatable bonds is 2. The minimum atomic E-state index is -0.161. The molecule has 2 amide bonds. The summed E-state index contributed by atoms with van der Waals surface area (Å²) < 4.78 is 0. The van der Waals surface area contributed by atoms with Crippen LogP contribution in [0.25, 0.3) is 0 Å². The van der Waals surface area contributed by atoms with Crippen LogP contribution in [0.15, 0.2) is 0 Å². The molecule has 0 aromatic rings. The zero-order chi connectivity index (χ0) is 14.5. The molecule has 4 fully saturated rings. The van der Waals surface area contributed by atoms with Gasteiger partial charge in [-0.2, -0.15) is 0 Å². The van der Waals surface area contributed by atoms with Gasteiger partial charge < -0.3 is 10.6 Å². The van der Waals surface area contributed by atoms with Crippen molar-refractivity contribution in [3.8, 4) is 0 Å². The standard InChI is InChI=1S/C17H30N2O/c1-11(18-15(20)19-16(2,3)4)17-8-12-5-13(9-17)7-14(6-12)10-17/h11-14H,5-10H2,1-4H3,(H2,18,19,20). The first-order valence-electron chi connectivity index (χ1n) is 8.34. The van der Waals surface area contributed by atoms with E-state index in [-0.39, 0.29) is 11.6 Å². The van der Waals surface area contributed by atoms with E-state index in [9.17, 15) is 4.79 Å². The fourth-order valence-electron chi connectivity index (χ4n) is 5.43. The molecular formula is C17H30N2O. The van der Waals surface area contributed by atoms with Gasteiger partial charge in [0.2, 0.25) is 0 Å². The maximum absolute atomic E-state index is 12.1. The number of hydrogen-bond acceptors (Lipinski definition) is 1. The van der Waals surface area contributed by atoms with E-state index in [1.54, 1.807) is 0 Å². The maximum atomic E-state index is 12.1. The molecule has 4 aliphatic carbocycles. The van der Waals surface area contributed by atoms with Gasteiger partial charge in [0.05, 0.1) is 0 Å². The molecule has 0 heterocycles. The number of amides is 2. The fraction of sp³-hybridized carbons (Fsp3) is 0.941. The summed E-state index contributed by atoms with van der Waals surface area (Å²) in [5.74, 6) is 2.82. The van der Waals surface area contributed by atoms with Gasteiger partial charge in [0, 0.05) is 11.6 Å². The predicted molar refractivity (Wildman–Crippen MR) is 81.5 cm³/mol. The number of carbonyl (C=O) groups excluding carboxylic acids is 1. The molecule has 3 nitrogen and oxygen atoms in total. The minimum Gasteiger partial charge on any atom is -0.335 e. The van der Waals surface area contributed by atoms with Crippen molar-refractivity contribution in [3.63, 3.8) is 0 Å². The molecule has 114 valence electrons. The molecule has 0 radical (unpaired) electrons. The SMILES string of the molecule is CC(NC(=O)NC(C)(C)C)C12CC3CC(CC(C3)C1)C2. The van der Waals surface area contributed by atoms with Gasteiger partial charge in [-0.05, 0) is 89.4 Å². The van der Waals surface area contributed by atoms with Crippen molar-refractivity contribution >= 4 is 6.03 Å². The molecule has 4 rings (SSSR count). The Kier molecular flexibility index (Phi) is 3.30. The van der Waals surface area contributed by atoms with Crippen molar-refractivity contribution in [3.05, 3.63) is 0 Å². The number of hydrogen-bond donors (Lipinski definition) is 2. The lowest BCUT2D eigenvalue weighted by molar-refractivity contribution is -0.0683. The van der Waals surface area contributed by atoms with Gasteiger partial charge in [0.1, 0.15) is 0 Å². The first-order chi connectivity index (χ1) is 9.26. The average molecular weight is 278 g/mol. The maximum Gasteiger partial charge on any atom is 0.315 e. The van der Waals surface area contributed by atoms with E-state index < -0.39 is 0 Å². The van der Waals surface area contributed by atoms with Crippen LogP contribution in [-0.4, -0.2) is 17.6 Å². The molecule has 0 saturated heterocycles. The number of nitrogens with one attached hydrogen (secondary N) is 2. The van der Waals surface area contributed by atoms with Crippen molar-refractivity contribution in [1.82, 2.24) is 10.6 Å². The highest BCUT2D eigenvalue weighted by molar-refractivity contribution is 5.75. The summed E-state index contributed by atoms with van der Waals surface area (Å²) in [6.07, 6.45) is 8.41. The second kappa shape index (κ2) is 4.64. The zero-order valence-corrected chi connectivity index (χ0v) is 13.5. The molecule has 0 aromatic carbocycles. The highest BCUT2D eigenvalue weighted by Gasteiger charge is 2.53. The lowest BCUT2D eigenvalue weighted by Crippen LogP contribution is -2.58. The Labute approximate surface area is 123 Å². The van der Waals surface area contributed by atoms with Gasteiger partial charge in [0.15, 0.2) is 0 Å². The first-order valence-corrected chi connectivity index (χ1v) is 8.34. The highest BCUT2D eigenvalue weighted by atomic mass is 16.2. The molecule has 4 bridgehead atoms. The van der Waals surface area contributed by atoms with Crippen molar-refractivity contribution < 1.29 is 4.79 Å². The van der Waals surface area contributed by atoms with Crippen LogP contribution in [0.4, 0.5) is 4.79 Å². The Bertz CT molecular complexity index is 361. The second-order valence-corrected chi connectivity index (χ2v) is 8.85. The summed E-state index contributed by atoms with van der Waals surface area (Å²) >= 11 is 0. The minimum absolute atomic E-state index is 0.000690. The van der Waals surface area contributed by atoms with E-state index in [4.69, 9.17) is 0 Å². The summed E-state index contributed by atoms with van der Waals surface area (Å²) in [6.45, 7) is 8.32. The van der Waals surface area contributed by atoms with Crippen LogP contribution in [0, 0.1) is 23.2 Å². The Morgan fingerprint density at radius 2 is 1.50 bits per heavy atom. The molecule has 0 aliphatic heterocycles. The van der Waals surface area contributed by atoms with Gasteiger partial charge >= 0.3 is 6.03 Å². The largest absolute Gasteiger partial charge is 0.335 e. The van der Waals surface area contributed by atoms with Crippen LogP contribution in [0.2, 0.25) is 0 Å². The van der Waals surface area contributed by atoms with Gasteiger partial charge in [-0.25, -0.2) is 4.79 Å². The quantitative estimate of drug-likeness (QED) is 0.794. The summed E-state index contributed by atoms with van der Waals surface area (Å²) in [6, 6.07) is 0.305. The second-order valence-electron chi connectivity index (χ2n) is 8.85. The monoisotopic (exact) mass is 278 g/mol. The third kappa shape index (κ3) is 2.68. The van der Waals surface area contributed by atoms with Crippen LogP contribution < -0.4 is 10.6 Å². The first kappa shape index (κ1) is 14.2. The van der Waals surface area contributed by atoms with Crippen LogP contribution >= 0.6 is 0 Å². The van der Waals surface area contributed by atoms with Gasteiger partial charge in [-0.1, -0.05) is 0 Å². The van der Waals surface area contributed by atoms with Crippen molar-refractivity contribution in [2.75, 3.05) is 0 Å². The predicted octanol–water partition coefficient (Wildman–Crippen LogP) is 3.69. The summed E-state index contributed by atoms with van der Waals surface area (Å²) in [4.78, 5) is 12.1. The van der Waals surface area contributed by atoms with Crippen LogP contribution in [0.1, 0.15) is 66.2 Å². The molecule has 4 aliphatic rings. The molecule has 20 heavy (non-hydrogen) atoms. The number of carbonyl (C=O) groups is 1. The van der Waals surface area contributed by atoms with Crippen LogP contribution in [-0.2, 0) is 0 Å². The molecule has 3 heteroatoms. The molecule has 2 N–H and O–H groups in total. The van der Waals surface area contributed by atoms with Crippen LogP contribution in [0.5, 0.6) is 0 Å². The average Bonchev–Trinajstić information content (AvgIpc) is 2.23. The van der Waals surface area contributed by atoms with Crippen molar-refractivity contribution in [1.29, 1.82) is 0 Å². The Morgan fingerprint density at radius 3 is 1.90 bits per heavy atom. The molecule has 0 aromatic heterocycles. The van der Waals surface area contributed by atoms with Crippen LogP contribution in [0.3, 0.4) is 0 Å². The van der Waals surface area contributed by atoms with Gasteiger partial charge in [-0.15, -0.1) is 0 Å². The smallest absolute Gasteiger partial charge is 0.315 e. The van der Waals surface area contributed by atoms with E-state index in [2.05, 4.69) is 17.6 Å². The van der Waals surface area contributed by atoms with Gasteiger partial charge in [0.25, 0.3) is 0 Å². The summed E-state index contributed by atoms with van der Waals surface area (Å²) in [7, 11) is 0. The lowest BCUT2D eigenvalue weighted by atomic mass is 9.48. The Morgan fingerprint density at radius 1 is 1.05 bits per heavy atom. The zero-order valence-electron chi connectivity index (χ0n) is 13.5. The van der Waals surface area contributed by atoms with Crippen molar-refractivity contribution in [2.45, 2.75) is 77.8 Å². The molecule has 4 saturated carbocycles. The van der Waals surface area contributed by atoms with Crippen molar-refractivity contribution in [2.24, 2.45) is 23.2 Å². The molecular weight excluding hydrogens is 248 g/mol. The van der Waals surface area contributed by atoms with E-state index in [1.165, 1.54) is 38.5 Å². The van der Waals surface area contributed by atoms with E-state index in [0.717, 1.165) is 17.8 Å². The van der Waals surface area contributed by atoms with Gasteiger partial charge in [-0.3, -0.25) is 0 Å². The molecule has 1 atom stereocenters. The summed E-state index contributed by atoms with van der Waals surface area (Å²) in [5.41, 5.74) is 0.231. The van der Waals surface area contributed by atoms with E-state index in [0.29, 0.717) is 11.5 Å². The van der Waals surface area contributed by atoms with E-state index >= 15 is 0 Å². The third-order valence-electron chi connectivity index (χ3n) is 5.84. The fourth-order valence-corrected chi connectivity index (χ4v) is 5.43. The Balaban J connectivity index is 1.65. The summed E-state index contributed by atoms with van der Waals surface area (Å²) in [5, 5.41) is 6.28. The molecule has 0 spiro atoms.